The van der Waals surface area contributed by atoms with Crippen molar-refractivity contribution in [2.75, 3.05) is 6.54 Å². The van der Waals surface area contributed by atoms with Gasteiger partial charge in [0.15, 0.2) is 0 Å². The Morgan fingerprint density at radius 3 is 2.39 bits per heavy atom. The molecule has 0 aromatic carbocycles. The molecule has 0 aliphatic carbocycles. The summed E-state index contributed by atoms with van der Waals surface area (Å²) in [7, 11) is 0. The third-order valence-corrected chi connectivity index (χ3v) is 2.04. The van der Waals surface area contributed by atoms with Gasteiger partial charge in [-0.25, -0.2) is 9.59 Å². The van der Waals surface area contributed by atoms with E-state index in [0.29, 0.717) is 0 Å². The summed E-state index contributed by atoms with van der Waals surface area (Å²) in [5.41, 5.74) is 10.7. The lowest BCUT2D eigenvalue weighted by Gasteiger charge is -2.27. The molecule has 102 valence electrons. The molecule has 0 saturated carbocycles. The van der Waals surface area contributed by atoms with Crippen molar-refractivity contribution in [2.45, 2.75) is 44.8 Å². The van der Waals surface area contributed by atoms with Gasteiger partial charge in [0.2, 0.25) is 5.54 Å². The highest BCUT2D eigenvalue weighted by Crippen LogP contribution is 2.17. The van der Waals surface area contributed by atoms with Crippen LogP contribution in [-0.4, -0.2) is 34.7 Å². The van der Waals surface area contributed by atoms with Crippen LogP contribution in [0.1, 0.15) is 33.6 Å². The Kier molecular flexibility index (Phi) is 5.61. The van der Waals surface area contributed by atoms with Gasteiger partial charge in [-0.2, -0.15) is 0 Å². The Labute approximate surface area is 105 Å². The minimum Gasteiger partial charge on any atom is -0.479 e. The van der Waals surface area contributed by atoms with Crippen LogP contribution in [0.25, 0.3) is 10.4 Å². The topological polar surface area (TPSA) is 138 Å². The molecule has 0 fully saturated rings. The molecule has 18 heavy (non-hydrogen) atoms. The molecule has 0 radical (unpaired) electrons. The zero-order valence-corrected chi connectivity index (χ0v) is 10.7. The molecule has 8 heteroatoms. The quantitative estimate of drug-likeness (QED) is 0.184. The fourth-order valence-electron chi connectivity index (χ4n) is 1.14. The molecule has 0 aromatic heterocycles. The molecule has 1 atom stereocenters. The van der Waals surface area contributed by atoms with Crippen molar-refractivity contribution < 1.29 is 19.4 Å². The van der Waals surface area contributed by atoms with Gasteiger partial charge in [-0.15, -0.1) is 0 Å². The maximum absolute atomic E-state index is 11.8. The lowest BCUT2D eigenvalue weighted by molar-refractivity contribution is -0.169. The lowest BCUT2D eigenvalue weighted by atomic mass is 9.94. The van der Waals surface area contributed by atoms with Crippen LogP contribution in [0, 0.1) is 0 Å². The predicted molar refractivity (Wildman–Crippen MR) is 63.6 cm³/mol. The SMILES string of the molecule is CC(C)(C)OC(=O)[C@](N)(CCCN=[N+]=[N-])C(=O)O. The number of hydrogen-bond acceptors (Lipinski definition) is 5. The number of nitrogens with zero attached hydrogens (tertiary/aromatic N) is 3. The summed E-state index contributed by atoms with van der Waals surface area (Å²) >= 11 is 0. The van der Waals surface area contributed by atoms with E-state index in [1.807, 2.05) is 0 Å². The van der Waals surface area contributed by atoms with E-state index in [1.54, 1.807) is 20.8 Å². The first kappa shape index (κ1) is 16.2. The van der Waals surface area contributed by atoms with Crippen molar-refractivity contribution in [3.8, 4) is 0 Å². The number of aliphatic carboxylic acids is 1. The van der Waals surface area contributed by atoms with Crippen LogP contribution in [-0.2, 0) is 14.3 Å². The average molecular weight is 258 g/mol. The van der Waals surface area contributed by atoms with Crippen molar-refractivity contribution >= 4 is 11.9 Å². The first-order valence-corrected chi connectivity index (χ1v) is 5.40. The Morgan fingerprint density at radius 1 is 1.44 bits per heavy atom. The third-order valence-electron chi connectivity index (χ3n) is 2.04. The summed E-state index contributed by atoms with van der Waals surface area (Å²) in [6.07, 6.45) is 0.0301. The van der Waals surface area contributed by atoms with E-state index in [9.17, 15) is 9.59 Å². The molecule has 0 bridgehead atoms. The number of ether oxygens (including phenoxy) is 1. The fourth-order valence-corrected chi connectivity index (χ4v) is 1.14. The van der Waals surface area contributed by atoms with Crippen molar-refractivity contribution in [3.05, 3.63) is 10.4 Å². The minimum atomic E-state index is -2.11. The monoisotopic (exact) mass is 258 g/mol. The van der Waals surface area contributed by atoms with Crippen molar-refractivity contribution in [2.24, 2.45) is 10.8 Å². The minimum absolute atomic E-state index is 0.0749. The second-order valence-electron chi connectivity index (χ2n) is 4.84. The van der Waals surface area contributed by atoms with E-state index in [1.165, 1.54) is 0 Å². The van der Waals surface area contributed by atoms with Crippen LogP contribution in [0.3, 0.4) is 0 Å². The standard InChI is InChI=1S/C10H18N4O4/c1-9(2,3)18-8(17)10(11,7(15)16)5-4-6-13-14-12/h4-6,11H2,1-3H3,(H,15,16)/t10-/m0/s1. The number of hydrogen-bond donors (Lipinski definition) is 2. The van der Waals surface area contributed by atoms with Crippen LogP contribution in [0.2, 0.25) is 0 Å². The number of carbonyl (C=O) groups excluding carboxylic acids is 1. The molecule has 0 spiro atoms. The van der Waals surface area contributed by atoms with Crippen molar-refractivity contribution in [1.82, 2.24) is 0 Å². The number of carboxylic acids is 1. The number of rotatable bonds is 6. The average Bonchev–Trinajstić information content (AvgIpc) is 2.21. The van der Waals surface area contributed by atoms with Gasteiger partial charge in [-0.3, -0.25) is 0 Å². The number of carboxylic acid groups (broad SMARTS) is 1. The van der Waals surface area contributed by atoms with Gasteiger partial charge in [0, 0.05) is 11.5 Å². The van der Waals surface area contributed by atoms with Gasteiger partial charge in [-0.1, -0.05) is 5.11 Å². The molecular weight excluding hydrogens is 240 g/mol. The van der Waals surface area contributed by atoms with Crippen LogP contribution in [0.4, 0.5) is 0 Å². The highest BCUT2D eigenvalue weighted by molar-refractivity contribution is 6.03. The molecular formula is C10H18N4O4. The summed E-state index contributed by atoms with van der Waals surface area (Å²) in [6.45, 7) is 4.93. The Bertz CT molecular complexity index is 371. The molecule has 8 nitrogen and oxygen atoms in total. The first-order chi connectivity index (χ1) is 8.13. The van der Waals surface area contributed by atoms with Gasteiger partial charge in [-0.05, 0) is 39.1 Å². The van der Waals surface area contributed by atoms with E-state index < -0.39 is 23.1 Å². The van der Waals surface area contributed by atoms with Crippen LogP contribution in [0.15, 0.2) is 5.11 Å². The van der Waals surface area contributed by atoms with Gasteiger partial charge in [0.05, 0.1) is 0 Å². The smallest absolute Gasteiger partial charge is 0.338 e. The summed E-state index contributed by atoms with van der Waals surface area (Å²) < 4.78 is 4.97. The van der Waals surface area contributed by atoms with Gasteiger partial charge >= 0.3 is 11.9 Å². The second-order valence-corrected chi connectivity index (χ2v) is 4.84. The van der Waals surface area contributed by atoms with E-state index in [-0.39, 0.29) is 19.4 Å². The molecule has 0 unspecified atom stereocenters. The zero-order chi connectivity index (χ0) is 14.4. The summed E-state index contributed by atoms with van der Waals surface area (Å²) in [5.74, 6) is -2.46. The largest absolute Gasteiger partial charge is 0.479 e. The van der Waals surface area contributed by atoms with Crippen molar-refractivity contribution in [3.63, 3.8) is 0 Å². The third kappa shape index (κ3) is 5.03. The molecule has 0 aromatic rings. The first-order valence-electron chi connectivity index (χ1n) is 5.40. The number of azide groups is 1. The molecule has 0 aliphatic rings. The molecule has 0 amide bonds. The summed E-state index contributed by atoms with van der Waals surface area (Å²) in [6, 6.07) is 0. The molecule has 0 aliphatic heterocycles. The number of carbonyl (C=O) groups is 2. The number of nitrogens with two attached hydrogens (primary N) is 1. The maximum atomic E-state index is 11.8. The van der Waals surface area contributed by atoms with Gasteiger partial charge < -0.3 is 15.6 Å². The Morgan fingerprint density at radius 2 is 2.00 bits per heavy atom. The normalized spacial score (nSPS) is 14.2. The second kappa shape index (κ2) is 6.23. The van der Waals surface area contributed by atoms with Crippen LogP contribution >= 0.6 is 0 Å². The van der Waals surface area contributed by atoms with Crippen molar-refractivity contribution in [1.29, 1.82) is 0 Å². The van der Waals surface area contributed by atoms with E-state index in [2.05, 4.69) is 10.0 Å². The van der Waals surface area contributed by atoms with E-state index >= 15 is 0 Å². The fraction of sp³-hybridized carbons (Fsp3) is 0.800. The van der Waals surface area contributed by atoms with Crippen LogP contribution < -0.4 is 5.73 Å². The maximum Gasteiger partial charge on any atom is 0.338 e. The van der Waals surface area contributed by atoms with Crippen LogP contribution in [0.5, 0.6) is 0 Å². The van der Waals surface area contributed by atoms with Gasteiger partial charge in [0.25, 0.3) is 0 Å². The molecule has 3 N–H and O–H groups in total. The summed E-state index contributed by atoms with van der Waals surface area (Å²) in [5, 5.41) is 12.3. The van der Waals surface area contributed by atoms with E-state index in [0.717, 1.165) is 0 Å². The Hall–Kier alpha value is -1.79. The predicted octanol–water partition coefficient (Wildman–Crippen LogP) is 1.20. The number of esters is 1. The molecule has 0 heterocycles. The highest BCUT2D eigenvalue weighted by atomic mass is 16.6. The lowest BCUT2D eigenvalue weighted by Crippen LogP contribution is -2.57. The zero-order valence-electron chi connectivity index (χ0n) is 10.7. The molecule has 0 saturated heterocycles. The van der Waals surface area contributed by atoms with Gasteiger partial charge in [0.1, 0.15) is 5.60 Å². The molecule has 0 rings (SSSR count). The summed E-state index contributed by atoms with van der Waals surface area (Å²) in [4.78, 5) is 25.4. The Balaban J connectivity index is 4.75. The van der Waals surface area contributed by atoms with E-state index in [4.69, 9.17) is 21.1 Å². The highest BCUT2D eigenvalue weighted by Gasteiger charge is 2.44.